The van der Waals surface area contributed by atoms with Crippen molar-refractivity contribution in [3.63, 3.8) is 0 Å². The van der Waals surface area contributed by atoms with Gasteiger partial charge in [-0.3, -0.25) is 14.9 Å². The molecule has 1 aromatic carbocycles. The number of benzene rings is 1. The first-order chi connectivity index (χ1) is 13.9. The lowest BCUT2D eigenvalue weighted by Gasteiger charge is -2.59. The van der Waals surface area contributed by atoms with E-state index in [1.165, 1.54) is 50.8 Å². The van der Waals surface area contributed by atoms with Gasteiger partial charge in [-0.05, 0) is 74.7 Å². The third kappa shape index (κ3) is 3.71. The van der Waals surface area contributed by atoms with Crippen LogP contribution in [0, 0.1) is 44.6 Å². The molecule has 4 aliphatic carbocycles. The van der Waals surface area contributed by atoms with Crippen molar-refractivity contribution in [2.24, 2.45) is 23.2 Å². The molecular weight excluding hydrogens is 368 g/mol. The molecule has 1 aromatic rings. The molecule has 4 fully saturated rings. The molecule has 4 bridgehead atoms. The first-order valence-corrected chi connectivity index (χ1v) is 10.3. The Hall–Kier alpha value is -2.88. The van der Waals surface area contributed by atoms with Crippen molar-refractivity contribution >= 4 is 17.3 Å². The molecule has 0 saturated heterocycles. The van der Waals surface area contributed by atoms with Gasteiger partial charge in [-0.15, -0.1) is 0 Å². The molecule has 152 valence electrons. The van der Waals surface area contributed by atoms with Crippen LogP contribution < -0.4 is 10.6 Å². The average Bonchev–Trinajstić information content (AvgIpc) is 2.67. The minimum atomic E-state index is -0.503. The molecule has 2 N–H and O–H groups in total. The zero-order valence-corrected chi connectivity index (χ0v) is 16.6. The van der Waals surface area contributed by atoms with Gasteiger partial charge in [0, 0.05) is 18.3 Å². The van der Waals surface area contributed by atoms with Crippen molar-refractivity contribution in [3.05, 3.63) is 46.2 Å². The van der Waals surface area contributed by atoms with E-state index in [0.29, 0.717) is 0 Å². The monoisotopic (exact) mass is 394 g/mol. The summed E-state index contributed by atoms with van der Waals surface area (Å²) in [5.41, 5.74) is 0.201. The van der Waals surface area contributed by atoms with Crippen LogP contribution in [0.25, 0.3) is 0 Å². The van der Waals surface area contributed by atoms with Crippen LogP contribution >= 0.6 is 0 Å². The Kier molecular flexibility index (Phi) is 5.03. The zero-order valence-electron chi connectivity index (χ0n) is 16.6. The number of carbonyl (C=O) groups excluding carboxylic acids is 1. The van der Waals surface area contributed by atoms with Crippen molar-refractivity contribution < 1.29 is 9.72 Å². The van der Waals surface area contributed by atoms with Crippen molar-refractivity contribution in [1.82, 2.24) is 5.32 Å². The summed E-state index contributed by atoms with van der Waals surface area (Å²) in [4.78, 5) is 23.4. The van der Waals surface area contributed by atoms with E-state index < -0.39 is 10.8 Å². The van der Waals surface area contributed by atoms with E-state index in [9.17, 15) is 20.2 Å². The molecule has 0 heterocycles. The Balaban J connectivity index is 1.45. The fourth-order valence-electron chi connectivity index (χ4n) is 6.19. The Labute approximate surface area is 170 Å². The standard InChI is InChI=1S/C22H26N4O3/c1-14(22-9-15-6-16(10-22)8-17(7-15)11-22)25-21(27)18(12-23)13-24-19-4-2-3-5-20(19)26(28)29/h2-5,13-17,24H,6-11H2,1H3,(H,25,27)/b18-13-. The quantitative estimate of drug-likeness (QED) is 0.326. The lowest BCUT2D eigenvalue weighted by molar-refractivity contribution is -0.383. The van der Waals surface area contributed by atoms with Crippen LogP contribution in [-0.2, 0) is 4.79 Å². The second-order valence-corrected chi connectivity index (χ2v) is 9.06. The van der Waals surface area contributed by atoms with Crippen molar-refractivity contribution in [1.29, 1.82) is 5.26 Å². The number of carbonyl (C=O) groups is 1. The molecule has 4 saturated carbocycles. The minimum absolute atomic E-state index is 0.00575. The van der Waals surface area contributed by atoms with Crippen LogP contribution in [0.2, 0.25) is 0 Å². The van der Waals surface area contributed by atoms with Gasteiger partial charge in [0.25, 0.3) is 11.6 Å². The van der Waals surface area contributed by atoms with Crippen LogP contribution in [0.1, 0.15) is 45.4 Å². The molecule has 1 amide bonds. The summed E-state index contributed by atoms with van der Waals surface area (Å²) in [6.07, 6.45) is 8.76. The maximum Gasteiger partial charge on any atom is 0.292 e. The number of nitrogens with zero attached hydrogens (tertiary/aromatic N) is 2. The maximum absolute atomic E-state index is 12.7. The van der Waals surface area contributed by atoms with Gasteiger partial charge < -0.3 is 10.6 Å². The number of hydrogen-bond donors (Lipinski definition) is 2. The maximum atomic E-state index is 12.7. The molecule has 7 nitrogen and oxygen atoms in total. The lowest BCUT2D eigenvalue weighted by Crippen LogP contribution is -2.56. The molecule has 0 spiro atoms. The Morgan fingerprint density at radius 1 is 1.24 bits per heavy atom. The van der Waals surface area contributed by atoms with Crippen LogP contribution in [-0.4, -0.2) is 16.9 Å². The number of amides is 1. The SMILES string of the molecule is CC(NC(=O)/C(C#N)=C\Nc1ccccc1[N+](=O)[O-])C12CC3CC(CC(C3)C1)C2. The molecule has 5 rings (SSSR count). The summed E-state index contributed by atoms with van der Waals surface area (Å²) >= 11 is 0. The summed E-state index contributed by atoms with van der Waals surface area (Å²) in [6.45, 7) is 2.06. The fraction of sp³-hybridized carbons (Fsp3) is 0.545. The van der Waals surface area contributed by atoms with Gasteiger partial charge in [-0.1, -0.05) is 12.1 Å². The molecule has 29 heavy (non-hydrogen) atoms. The topological polar surface area (TPSA) is 108 Å². The van der Waals surface area contributed by atoms with E-state index in [1.807, 2.05) is 6.07 Å². The number of hydrogen-bond acceptors (Lipinski definition) is 5. The second-order valence-electron chi connectivity index (χ2n) is 9.06. The minimum Gasteiger partial charge on any atom is -0.355 e. The third-order valence-corrected chi connectivity index (χ3v) is 7.19. The first-order valence-electron chi connectivity index (χ1n) is 10.3. The largest absolute Gasteiger partial charge is 0.355 e. The number of anilines is 1. The molecule has 0 aromatic heterocycles. The molecule has 1 atom stereocenters. The fourth-order valence-corrected chi connectivity index (χ4v) is 6.19. The number of para-hydroxylation sites is 2. The first kappa shape index (κ1) is 19.4. The van der Waals surface area contributed by atoms with E-state index in [-0.39, 0.29) is 28.4 Å². The molecule has 0 aliphatic heterocycles. The number of nitro groups is 1. The smallest absolute Gasteiger partial charge is 0.292 e. The number of nitriles is 1. The highest BCUT2D eigenvalue weighted by atomic mass is 16.6. The van der Waals surface area contributed by atoms with Gasteiger partial charge in [0.15, 0.2) is 0 Å². The van der Waals surface area contributed by atoms with Gasteiger partial charge in [-0.25, -0.2) is 0 Å². The second kappa shape index (κ2) is 7.51. The average molecular weight is 394 g/mol. The van der Waals surface area contributed by atoms with Crippen molar-refractivity contribution in [2.75, 3.05) is 5.32 Å². The number of nitrogens with one attached hydrogen (secondary N) is 2. The van der Waals surface area contributed by atoms with Crippen molar-refractivity contribution in [3.8, 4) is 6.07 Å². The van der Waals surface area contributed by atoms with Gasteiger partial charge >= 0.3 is 0 Å². The van der Waals surface area contributed by atoms with Crippen LogP contribution in [0.15, 0.2) is 36.0 Å². The van der Waals surface area contributed by atoms with Gasteiger partial charge in [0.1, 0.15) is 17.3 Å². The predicted molar refractivity (Wildman–Crippen MR) is 109 cm³/mol. The number of nitro benzene ring substituents is 1. The Bertz CT molecular complexity index is 866. The summed E-state index contributed by atoms with van der Waals surface area (Å²) in [7, 11) is 0. The highest BCUT2D eigenvalue weighted by Gasteiger charge is 2.53. The van der Waals surface area contributed by atoms with Gasteiger partial charge in [-0.2, -0.15) is 5.26 Å². The molecule has 0 radical (unpaired) electrons. The van der Waals surface area contributed by atoms with Crippen LogP contribution in [0.5, 0.6) is 0 Å². The summed E-state index contributed by atoms with van der Waals surface area (Å²) in [5.74, 6) is 1.92. The lowest BCUT2D eigenvalue weighted by atomic mass is 9.48. The predicted octanol–water partition coefficient (Wildman–Crippen LogP) is 4.14. The van der Waals surface area contributed by atoms with Crippen LogP contribution in [0.4, 0.5) is 11.4 Å². The Morgan fingerprint density at radius 3 is 2.38 bits per heavy atom. The van der Waals surface area contributed by atoms with E-state index in [0.717, 1.165) is 17.8 Å². The van der Waals surface area contributed by atoms with Crippen molar-refractivity contribution in [2.45, 2.75) is 51.5 Å². The molecule has 4 aliphatic rings. The van der Waals surface area contributed by atoms with E-state index in [2.05, 4.69) is 17.6 Å². The Morgan fingerprint density at radius 2 is 1.83 bits per heavy atom. The summed E-state index contributed by atoms with van der Waals surface area (Å²) in [6, 6.07) is 8.06. The summed E-state index contributed by atoms with van der Waals surface area (Å²) < 4.78 is 0. The third-order valence-electron chi connectivity index (χ3n) is 7.19. The van der Waals surface area contributed by atoms with Crippen LogP contribution in [0.3, 0.4) is 0 Å². The van der Waals surface area contributed by atoms with Gasteiger partial charge in [0.2, 0.25) is 0 Å². The summed E-state index contributed by atoms with van der Waals surface area (Å²) in [5, 5.41) is 26.4. The molecule has 7 heteroatoms. The molecule has 1 unspecified atom stereocenters. The number of rotatable bonds is 6. The normalized spacial score (nSPS) is 31.0. The van der Waals surface area contributed by atoms with Gasteiger partial charge in [0.05, 0.1) is 4.92 Å². The zero-order chi connectivity index (χ0) is 20.6. The van der Waals surface area contributed by atoms with E-state index >= 15 is 0 Å². The molecular formula is C22H26N4O3. The highest BCUT2D eigenvalue weighted by molar-refractivity contribution is 5.97. The highest BCUT2D eigenvalue weighted by Crippen LogP contribution is 2.61. The van der Waals surface area contributed by atoms with E-state index in [1.54, 1.807) is 18.2 Å². The van der Waals surface area contributed by atoms with E-state index in [4.69, 9.17) is 0 Å².